The van der Waals surface area contributed by atoms with Gasteiger partial charge in [0.1, 0.15) is 0 Å². The first kappa shape index (κ1) is 11.8. The van der Waals surface area contributed by atoms with E-state index in [4.69, 9.17) is 0 Å². The average Bonchev–Trinajstić information content (AvgIpc) is 2.62. The van der Waals surface area contributed by atoms with Gasteiger partial charge in [-0.25, -0.2) is 0 Å². The highest BCUT2D eigenvalue weighted by Gasteiger charge is 2.58. The van der Waals surface area contributed by atoms with Crippen LogP contribution in [0.1, 0.15) is 40.0 Å². The van der Waals surface area contributed by atoms with Crippen LogP contribution in [0.4, 0.5) is 0 Å². The van der Waals surface area contributed by atoms with Gasteiger partial charge in [-0.15, -0.1) is 0 Å². The Morgan fingerprint density at radius 2 is 2.07 bits per heavy atom. The molecular weight excluding hydrogens is 202 g/mol. The Morgan fingerprint density at radius 3 is 2.60 bits per heavy atom. The molecule has 0 heterocycles. The lowest BCUT2D eigenvalue weighted by molar-refractivity contribution is 0.111. The Kier molecular flexibility index (Phi) is 3.11. The summed E-state index contributed by atoms with van der Waals surface area (Å²) in [5.74, 6) is 2.21. The van der Waals surface area contributed by atoms with Gasteiger partial charge in [-0.3, -0.25) is 0 Å². The first-order chi connectivity index (χ1) is 7.00. The molecule has 1 nitrogen and oxygen atoms in total. The maximum atomic E-state index is 3.82. The maximum Gasteiger partial charge on any atom is 0.0175 e. The highest BCUT2D eigenvalue weighted by atomic mass is 32.2. The van der Waals surface area contributed by atoms with E-state index >= 15 is 0 Å². The summed E-state index contributed by atoms with van der Waals surface area (Å²) in [6.07, 6.45) is 6.55. The van der Waals surface area contributed by atoms with Crippen LogP contribution in [0.25, 0.3) is 0 Å². The molecular formula is C13H25NS. The fraction of sp³-hybridized carbons (Fsp3) is 1.00. The first-order valence-electron chi connectivity index (χ1n) is 6.23. The predicted octanol–water partition coefficient (Wildman–Crippen LogP) is 3.15. The summed E-state index contributed by atoms with van der Waals surface area (Å²) in [6, 6.07) is 0.746. The molecule has 2 saturated carbocycles. The molecule has 2 aliphatic rings. The number of rotatable bonds is 4. The number of thioether (sulfide) groups is 1. The van der Waals surface area contributed by atoms with Crippen molar-refractivity contribution < 1.29 is 0 Å². The SMILES string of the molecule is CSCCNC1C(C)(C)[C@H]2CC[C@]1(C)C2. The van der Waals surface area contributed by atoms with Crippen molar-refractivity contribution in [3.63, 3.8) is 0 Å². The fourth-order valence-electron chi connectivity index (χ4n) is 4.12. The van der Waals surface area contributed by atoms with Crippen LogP contribution in [0.3, 0.4) is 0 Å². The molecule has 0 aromatic rings. The monoisotopic (exact) mass is 227 g/mol. The molecule has 0 aromatic carbocycles. The van der Waals surface area contributed by atoms with Gasteiger partial charge in [0.05, 0.1) is 0 Å². The third-order valence-corrected chi connectivity index (χ3v) is 5.54. The van der Waals surface area contributed by atoms with Gasteiger partial charge in [-0.1, -0.05) is 20.8 Å². The van der Waals surface area contributed by atoms with Gasteiger partial charge in [0.2, 0.25) is 0 Å². The molecule has 2 aliphatic carbocycles. The zero-order chi connectivity index (χ0) is 11.1. The second-order valence-corrected chi connectivity index (χ2v) is 7.28. The lowest BCUT2D eigenvalue weighted by atomic mass is 9.68. The van der Waals surface area contributed by atoms with E-state index in [9.17, 15) is 0 Å². The molecule has 2 heteroatoms. The Morgan fingerprint density at radius 1 is 1.33 bits per heavy atom. The van der Waals surface area contributed by atoms with Crippen LogP contribution < -0.4 is 5.32 Å². The molecule has 0 aromatic heterocycles. The minimum absolute atomic E-state index is 0.519. The van der Waals surface area contributed by atoms with Crippen molar-refractivity contribution in [2.24, 2.45) is 16.7 Å². The summed E-state index contributed by atoms with van der Waals surface area (Å²) in [4.78, 5) is 0. The third-order valence-electron chi connectivity index (χ3n) is 4.92. The summed E-state index contributed by atoms with van der Waals surface area (Å²) in [7, 11) is 0. The molecule has 88 valence electrons. The van der Waals surface area contributed by atoms with Crippen LogP contribution >= 0.6 is 11.8 Å². The van der Waals surface area contributed by atoms with E-state index in [1.54, 1.807) is 0 Å². The van der Waals surface area contributed by atoms with Gasteiger partial charge < -0.3 is 5.32 Å². The third kappa shape index (κ3) is 1.84. The smallest absolute Gasteiger partial charge is 0.0175 e. The van der Waals surface area contributed by atoms with Crippen molar-refractivity contribution in [1.82, 2.24) is 5.32 Å². The van der Waals surface area contributed by atoms with Gasteiger partial charge in [-0.2, -0.15) is 11.8 Å². The first-order valence-corrected chi connectivity index (χ1v) is 7.62. The Labute approximate surface area is 98.8 Å². The number of fused-ring (bicyclic) bond motifs is 2. The average molecular weight is 227 g/mol. The van der Waals surface area contributed by atoms with E-state index in [0.29, 0.717) is 10.8 Å². The van der Waals surface area contributed by atoms with Crippen LogP contribution in [0.15, 0.2) is 0 Å². The summed E-state index contributed by atoms with van der Waals surface area (Å²) in [5.41, 5.74) is 1.11. The van der Waals surface area contributed by atoms with E-state index in [1.807, 2.05) is 11.8 Å². The van der Waals surface area contributed by atoms with Gasteiger partial charge in [0.15, 0.2) is 0 Å². The normalized spacial score (nSPS) is 42.4. The summed E-state index contributed by atoms with van der Waals surface area (Å²) in [6.45, 7) is 8.62. The fourth-order valence-corrected chi connectivity index (χ4v) is 4.44. The Bertz CT molecular complexity index is 234. The quantitative estimate of drug-likeness (QED) is 0.741. The van der Waals surface area contributed by atoms with Crippen LogP contribution in [-0.4, -0.2) is 24.6 Å². The molecule has 2 fully saturated rings. The van der Waals surface area contributed by atoms with Gasteiger partial charge in [-0.05, 0) is 42.3 Å². The zero-order valence-corrected chi connectivity index (χ0v) is 11.4. The molecule has 3 atom stereocenters. The van der Waals surface area contributed by atoms with Crippen molar-refractivity contribution >= 4 is 11.8 Å². The summed E-state index contributed by atoms with van der Waals surface area (Å²) in [5, 5.41) is 3.82. The molecule has 0 radical (unpaired) electrons. The molecule has 2 bridgehead atoms. The second-order valence-electron chi connectivity index (χ2n) is 6.30. The largest absolute Gasteiger partial charge is 0.312 e. The highest BCUT2D eigenvalue weighted by molar-refractivity contribution is 7.98. The van der Waals surface area contributed by atoms with Crippen molar-refractivity contribution in [2.45, 2.75) is 46.1 Å². The molecule has 0 amide bonds. The van der Waals surface area contributed by atoms with Crippen molar-refractivity contribution in [3.05, 3.63) is 0 Å². The van der Waals surface area contributed by atoms with E-state index in [2.05, 4.69) is 32.3 Å². The topological polar surface area (TPSA) is 12.0 Å². The predicted molar refractivity (Wildman–Crippen MR) is 69.4 cm³/mol. The van der Waals surface area contributed by atoms with Crippen molar-refractivity contribution in [3.8, 4) is 0 Å². The molecule has 1 unspecified atom stereocenters. The van der Waals surface area contributed by atoms with Crippen LogP contribution in [-0.2, 0) is 0 Å². The van der Waals surface area contributed by atoms with Gasteiger partial charge >= 0.3 is 0 Å². The standard InChI is InChI=1S/C13H25NS/c1-12(2)10-5-6-13(3,9-10)11(12)14-7-8-15-4/h10-11,14H,5-9H2,1-4H3/t10-,11?,13+/m0/s1. The lowest BCUT2D eigenvalue weighted by Crippen LogP contribution is -2.50. The van der Waals surface area contributed by atoms with Crippen LogP contribution in [0, 0.1) is 16.7 Å². The second kappa shape index (κ2) is 3.96. The van der Waals surface area contributed by atoms with E-state index < -0.39 is 0 Å². The van der Waals surface area contributed by atoms with Crippen molar-refractivity contribution in [1.29, 1.82) is 0 Å². The summed E-state index contributed by atoms with van der Waals surface area (Å²) >= 11 is 1.94. The number of nitrogens with one attached hydrogen (secondary N) is 1. The molecule has 0 aliphatic heterocycles. The highest BCUT2D eigenvalue weighted by Crippen LogP contribution is 2.62. The van der Waals surface area contributed by atoms with Crippen LogP contribution in [0.2, 0.25) is 0 Å². The van der Waals surface area contributed by atoms with Crippen molar-refractivity contribution in [2.75, 3.05) is 18.6 Å². The molecule has 1 N–H and O–H groups in total. The number of hydrogen-bond acceptors (Lipinski definition) is 2. The molecule has 2 rings (SSSR count). The molecule has 0 saturated heterocycles. The van der Waals surface area contributed by atoms with E-state index in [1.165, 1.54) is 31.6 Å². The minimum atomic E-state index is 0.519. The Balaban J connectivity index is 2.02. The molecule has 0 spiro atoms. The van der Waals surface area contributed by atoms with Gasteiger partial charge in [0.25, 0.3) is 0 Å². The molecule has 15 heavy (non-hydrogen) atoms. The van der Waals surface area contributed by atoms with E-state index in [0.717, 1.165) is 12.0 Å². The zero-order valence-electron chi connectivity index (χ0n) is 10.6. The summed E-state index contributed by atoms with van der Waals surface area (Å²) < 4.78 is 0. The van der Waals surface area contributed by atoms with E-state index in [-0.39, 0.29) is 0 Å². The van der Waals surface area contributed by atoms with Crippen LogP contribution in [0.5, 0.6) is 0 Å². The maximum absolute atomic E-state index is 3.82. The minimum Gasteiger partial charge on any atom is -0.312 e. The Hall–Kier alpha value is 0.310. The lowest BCUT2D eigenvalue weighted by Gasteiger charge is -2.43. The van der Waals surface area contributed by atoms with Gasteiger partial charge in [0, 0.05) is 18.3 Å². The number of hydrogen-bond donors (Lipinski definition) is 1.